The maximum atomic E-state index is 13.0. The van der Waals surface area contributed by atoms with Crippen LogP contribution in [0.3, 0.4) is 0 Å². The van der Waals surface area contributed by atoms with Crippen LogP contribution in [0.15, 0.2) is 42.5 Å². The fourth-order valence-electron chi connectivity index (χ4n) is 6.69. The molecule has 1 unspecified atom stereocenters. The molecule has 1 atom stereocenters. The molecule has 3 heterocycles. The number of rotatable bonds is 5. The van der Waals surface area contributed by atoms with Crippen LogP contribution in [0.1, 0.15) is 66.2 Å². The first-order chi connectivity index (χ1) is 16.1. The molecule has 1 N–H and O–H groups in total. The first-order valence-electron chi connectivity index (χ1n) is 12.4. The number of carbonyl (C=O) groups is 2. The summed E-state index contributed by atoms with van der Waals surface area (Å²) in [4.78, 5) is 28.0. The third kappa shape index (κ3) is 3.17. The van der Waals surface area contributed by atoms with E-state index in [4.69, 9.17) is 0 Å². The number of hydrogen-bond acceptors (Lipinski definition) is 3. The maximum absolute atomic E-state index is 13.0. The van der Waals surface area contributed by atoms with Crippen molar-refractivity contribution in [3.63, 3.8) is 0 Å². The van der Waals surface area contributed by atoms with Crippen molar-refractivity contribution in [2.75, 3.05) is 18.4 Å². The summed E-state index contributed by atoms with van der Waals surface area (Å²) < 4.78 is 1.92. The molecule has 1 amide bonds. The van der Waals surface area contributed by atoms with Crippen LogP contribution in [0, 0.1) is 0 Å². The molecule has 2 aliphatic heterocycles. The Morgan fingerprint density at radius 2 is 1.97 bits per heavy atom. The van der Waals surface area contributed by atoms with Gasteiger partial charge in [-0.1, -0.05) is 36.8 Å². The molecule has 1 aliphatic carbocycles. The molecule has 0 fully saturated rings. The lowest BCUT2D eigenvalue weighted by Crippen LogP contribution is -2.37. The number of unbranched alkanes of at least 4 members (excludes halogenated alkanes) is 1. The highest BCUT2D eigenvalue weighted by Crippen LogP contribution is 2.49. The van der Waals surface area contributed by atoms with Gasteiger partial charge < -0.3 is 5.32 Å². The van der Waals surface area contributed by atoms with Crippen LogP contribution in [0.2, 0.25) is 0 Å². The van der Waals surface area contributed by atoms with E-state index in [1.165, 1.54) is 22.1 Å². The molecule has 2 aromatic carbocycles. The molecule has 3 aromatic rings. The van der Waals surface area contributed by atoms with E-state index < -0.39 is 0 Å². The number of aryl methyl sites for hydroxylation is 1. The Morgan fingerprint density at radius 3 is 2.85 bits per heavy atom. The fraction of sp³-hybridized carbons (Fsp3) is 0.429. The zero-order valence-corrected chi connectivity index (χ0v) is 19.3. The van der Waals surface area contributed by atoms with Gasteiger partial charge in [0, 0.05) is 36.8 Å². The second-order valence-corrected chi connectivity index (χ2v) is 10.0. The molecule has 170 valence electrons. The molecule has 0 saturated heterocycles. The van der Waals surface area contributed by atoms with Gasteiger partial charge in [-0.25, -0.2) is 0 Å². The second kappa shape index (κ2) is 7.84. The zero-order chi connectivity index (χ0) is 22.6. The summed E-state index contributed by atoms with van der Waals surface area (Å²) in [6, 6.07) is 14.6. The lowest BCUT2D eigenvalue weighted by Gasteiger charge is -2.33. The van der Waals surface area contributed by atoms with Crippen molar-refractivity contribution in [2.45, 2.75) is 63.8 Å². The van der Waals surface area contributed by atoms with Crippen LogP contribution in [0.4, 0.5) is 5.69 Å². The summed E-state index contributed by atoms with van der Waals surface area (Å²) in [5, 5.41) is 4.39. The summed E-state index contributed by atoms with van der Waals surface area (Å²) in [5.41, 5.74) is 6.90. The van der Waals surface area contributed by atoms with Gasteiger partial charge in [0.25, 0.3) is 0 Å². The highest BCUT2D eigenvalue weighted by molar-refractivity contribution is 6.07. The minimum atomic E-state index is -0.319. The Balaban J connectivity index is 1.15. The number of hydrogen-bond donors (Lipinski definition) is 1. The van der Waals surface area contributed by atoms with Gasteiger partial charge in [-0.3, -0.25) is 19.1 Å². The van der Waals surface area contributed by atoms with Crippen LogP contribution in [0.25, 0.3) is 10.9 Å². The lowest BCUT2D eigenvalue weighted by molar-refractivity contribution is -0.121. The first kappa shape index (κ1) is 20.7. The van der Waals surface area contributed by atoms with Crippen molar-refractivity contribution in [2.24, 2.45) is 0 Å². The van der Waals surface area contributed by atoms with Gasteiger partial charge in [-0.15, -0.1) is 0 Å². The summed E-state index contributed by atoms with van der Waals surface area (Å²) in [6.07, 6.45) is 7.17. The van der Waals surface area contributed by atoms with Crippen LogP contribution < -0.4 is 5.32 Å². The molecule has 3 aliphatic rings. The van der Waals surface area contributed by atoms with Crippen molar-refractivity contribution in [3.8, 4) is 0 Å². The number of benzene rings is 2. The van der Waals surface area contributed by atoms with Crippen LogP contribution in [0.5, 0.6) is 0 Å². The molecule has 0 radical (unpaired) electrons. The SMILES string of the molecule is CC(=O)n1c2c(c3ccccc31)CCN(CCCCC13CCCc4cccc(c41)NC3=O)C2. The largest absolute Gasteiger partial charge is 0.325 e. The number of amides is 1. The van der Waals surface area contributed by atoms with E-state index in [2.05, 4.69) is 46.6 Å². The van der Waals surface area contributed by atoms with E-state index in [9.17, 15) is 9.59 Å². The van der Waals surface area contributed by atoms with Crippen molar-refractivity contribution >= 4 is 28.4 Å². The molecule has 5 nitrogen and oxygen atoms in total. The summed E-state index contributed by atoms with van der Waals surface area (Å²) in [5.74, 6) is 0.297. The zero-order valence-electron chi connectivity index (χ0n) is 19.3. The fourth-order valence-corrected chi connectivity index (χ4v) is 6.69. The molecule has 6 rings (SSSR count). The molecule has 0 bridgehead atoms. The number of para-hydroxylation sites is 1. The van der Waals surface area contributed by atoms with Gasteiger partial charge in [0.15, 0.2) is 0 Å². The third-order valence-electron chi connectivity index (χ3n) is 8.14. The Kier molecular flexibility index (Phi) is 4.91. The van der Waals surface area contributed by atoms with Gasteiger partial charge >= 0.3 is 0 Å². The molecular weight excluding hydrogens is 410 g/mol. The highest BCUT2D eigenvalue weighted by Gasteiger charge is 2.48. The van der Waals surface area contributed by atoms with E-state index in [1.807, 2.05) is 10.6 Å². The van der Waals surface area contributed by atoms with Gasteiger partial charge in [0.2, 0.25) is 11.8 Å². The lowest BCUT2D eigenvalue weighted by atomic mass is 9.68. The maximum Gasteiger partial charge on any atom is 0.235 e. The van der Waals surface area contributed by atoms with E-state index in [-0.39, 0.29) is 17.2 Å². The second-order valence-electron chi connectivity index (χ2n) is 10.0. The van der Waals surface area contributed by atoms with Gasteiger partial charge in [0.1, 0.15) is 0 Å². The predicted molar refractivity (Wildman–Crippen MR) is 131 cm³/mol. The smallest absolute Gasteiger partial charge is 0.235 e. The Bertz CT molecular complexity index is 1270. The van der Waals surface area contributed by atoms with Crippen LogP contribution in [-0.2, 0) is 29.6 Å². The number of nitrogens with zero attached hydrogens (tertiary/aromatic N) is 2. The molecule has 0 spiro atoms. The number of aromatic nitrogens is 1. The standard InChI is InChI=1S/C28H31N3O2/c1-19(32)31-24-12-3-2-10-21(24)22-13-17-30(18-25(22)31)16-5-4-14-28-15-7-9-20-8-6-11-23(26(20)28)29-27(28)33/h2-3,6,8,10-12H,4-5,7,9,13-18H2,1H3,(H,29,33). The minimum Gasteiger partial charge on any atom is -0.325 e. The average Bonchev–Trinajstić information content (AvgIpc) is 3.30. The average molecular weight is 442 g/mol. The number of nitrogens with one attached hydrogen (secondary N) is 1. The Labute approximate surface area is 194 Å². The third-order valence-corrected chi connectivity index (χ3v) is 8.14. The Morgan fingerprint density at radius 1 is 1.09 bits per heavy atom. The Hall–Kier alpha value is -2.92. The van der Waals surface area contributed by atoms with E-state index >= 15 is 0 Å². The normalized spacial score (nSPS) is 21.7. The van der Waals surface area contributed by atoms with Crippen LogP contribution in [-0.4, -0.2) is 34.4 Å². The van der Waals surface area contributed by atoms with Gasteiger partial charge in [-0.2, -0.15) is 0 Å². The van der Waals surface area contributed by atoms with Crippen LogP contribution >= 0.6 is 0 Å². The summed E-state index contributed by atoms with van der Waals surface area (Å²) >= 11 is 0. The summed E-state index contributed by atoms with van der Waals surface area (Å²) in [7, 11) is 0. The molecule has 33 heavy (non-hydrogen) atoms. The van der Waals surface area contributed by atoms with Crippen molar-refractivity contribution in [1.29, 1.82) is 0 Å². The highest BCUT2D eigenvalue weighted by atomic mass is 16.2. The van der Waals surface area contributed by atoms with Crippen molar-refractivity contribution in [3.05, 3.63) is 64.8 Å². The summed E-state index contributed by atoms with van der Waals surface area (Å²) in [6.45, 7) is 4.51. The number of anilines is 1. The molecule has 0 saturated carbocycles. The number of carbonyl (C=O) groups excluding carboxylic acids is 2. The predicted octanol–water partition coefficient (Wildman–Crippen LogP) is 5.06. The molecular formula is C28H31N3O2. The quantitative estimate of drug-likeness (QED) is 0.564. The topological polar surface area (TPSA) is 54.3 Å². The van der Waals surface area contributed by atoms with E-state index in [1.54, 1.807) is 6.92 Å². The molecule has 1 aromatic heterocycles. The first-order valence-corrected chi connectivity index (χ1v) is 12.4. The molecule has 5 heteroatoms. The van der Waals surface area contributed by atoms with Crippen molar-refractivity contribution < 1.29 is 9.59 Å². The van der Waals surface area contributed by atoms with Gasteiger partial charge in [-0.05, 0) is 73.9 Å². The van der Waals surface area contributed by atoms with Crippen molar-refractivity contribution in [1.82, 2.24) is 9.47 Å². The van der Waals surface area contributed by atoms with E-state index in [0.717, 1.165) is 81.5 Å². The number of fused-ring (bicyclic) bond motifs is 3. The monoisotopic (exact) mass is 441 g/mol. The minimum absolute atomic E-state index is 0.0902. The van der Waals surface area contributed by atoms with E-state index in [0.29, 0.717) is 0 Å². The van der Waals surface area contributed by atoms with Gasteiger partial charge in [0.05, 0.1) is 10.9 Å².